The highest BCUT2D eigenvalue weighted by molar-refractivity contribution is 5.84. The Bertz CT molecular complexity index is 1140. The highest BCUT2D eigenvalue weighted by atomic mass is 16.5. The lowest BCUT2D eigenvalue weighted by Gasteiger charge is -2.20. The van der Waals surface area contributed by atoms with Crippen molar-refractivity contribution in [1.82, 2.24) is 0 Å². The first-order valence-electron chi connectivity index (χ1n) is 9.15. The van der Waals surface area contributed by atoms with Crippen molar-refractivity contribution in [3.05, 3.63) is 99.9 Å². The van der Waals surface area contributed by atoms with Gasteiger partial charge in [0, 0.05) is 5.92 Å². The zero-order valence-electron chi connectivity index (χ0n) is 16.1. The Balaban J connectivity index is 1.97. The molecule has 4 rings (SSSR count). The highest BCUT2D eigenvalue weighted by Crippen LogP contribution is 2.39. The number of ether oxygens (including phenoxy) is 2. The Hall–Kier alpha value is -3.73. The van der Waals surface area contributed by atoms with E-state index < -0.39 is 11.5 Å². The molecule has 0 saturated carbocycles. The molecule has 3 aromatic carbocycles. The Morgan fingerprint density at radius 3 is 1.83 bits per heavy atom. The smallest absolute Gasteiger partial charge is 0.344 e. The van der Waals surface area contributed by atoms with E-state index in [-0.39, 0.29) is 11.3 Å². The molecule has 0 aliphatic carbocycles. The second-order valence-corrected chi connectivity index (χ2v) is 6.63. The summed E-state index contributed by atoms with van der Waals surface area (Å²) < 4.78 is 16.0. The third kappa shape index (κ3) is 3.43. The summed E-state index contributed by atoms with van der Waals surface area (Å²) in [6.07, 6.45) is 0. The van der Waals surface area contributed by atoms with Gasteiger partial charge in [0.05, 0.1) is 25.2 Å². The average Bonchev–Trinajstić information content (AvgIpc) is 2.77. The van der Waals surface area contributed by atoms with Crippen LogP contribution in [0.25, 0.3) is 11.0 Å². The van der Waals surface area contributed by atoms with Crippen molar-refractivity contribution >= 4 is 11.0 Å². The fourth-order valence-corrected chi connectivity index (χ4v) is 3.52. The molecular formula is C24H20O5. The van der Waals surface area contributed by atoms with Gasteiger partial charge in [-0.05, 0) is 47.5 Å². The van der Waals surface area contributed by atoms with Crippen LogP contribution in [0.1, 0.15) is 22.6 Å². The van der Waals surface area contributed by atoms with Crippen molar-refractivity contribution in [3.63, 3.8) is 0 Å². The van der Waals surface area contributed by atoms with Crippen LogP contribution in [0.2, 0.25) is 0 Å². The molecule has 5 nitrogen and oxygen atoms in total. The van der Waals surface area contributed by atoms with E-state index in [2.05, 4.69) is 0 Å². The van der Waals surface area contributed by atoms with Crippen LogP contribution in [0, 0.1) is 0 Å². The molecule has 29 heavy (non-hydrogen) atoms. The lowest BCUT2D eigenvalue weighted by Crippen LogP contribution is -2.15. The largest absolute Gasteiger partial charge is 0.507 e. The summed E-state index contributed by atoms with van der Waals surface area (Å²) in [6, 6.07) is 21.8. The Kier molecular flexibility index (Phi) is 4.96. The van der Waals surface area contributed by atoms with Crippen LogP contribution in [0.3, 0.4) is 0 Å². The quantitative estimate of drug-likeness (QED) is 0.502. The van der Waals surface area contributed by atoms with Crippen molar-refractivity contribution < 1.29 is 19.0 Å². The molecule has 0 atom stereocenters. The zero-order chi connectivity index (χ0) is 20.4. The molecular weight excluding hydrogens is 368 g/mol. The molecule has 0 aliphatic rings. The number of benzene rings is 3. The van der Waals surface area contributed by atoms with Gasteiger partial charge in [-0.15, -0.1) is 0 Å². The molecule has 0 aliphatic heterocycles. The summed E-state index contributed by atoms with van der Waals surface area (Å²) in [6.45, 7) is 0. The molecule has 0 amide bonds. The molecule has 146 valence electrons. The first kappa shape index (κ1) is 18.6. The van der Waals surface area contributed by atoms with Crippen LogP contribution in [-0.2, 0) is 0 Å². The van der Waals surface area contributed by atoms with Crippen molar-refractivity contribution in [2.24, 2.45) is 0 Å². The molecule has 4 aromatic rings. The lowest BCUT2D eigenvalue weighted by atomic mass is 9.85. The normalized spacial score (nSPS) is 11.0. The number of methoxy groups -OCH3 is 2. The van der Waals surface area contributed by atoms with E-state index in [1.807, 2.05) is 48.5 Å². The van der Waals surface area contributed by atoms with Crippen LogP contribution in [0.5, 0.6) is 17.2 Å². The summed E-state index contributed by atoms with van der Waals surface area (Å²) in [5, 5.41) is 11.5. The maximum absolute atomic E-state index is 12.9. The number of para-hydroxylation sites is 1. The van der Waals surface area contributed by atoms with Gasteiger partial charge in [-0.3, -0.25) is 0 Å². The first-order chi connectivity index (χ1) is 14.1. The summed E-state index contributed by atoms with van der Waals surface area (Å²) in [5.41, 5.74) is 1.63. The van der Waals surface area contributed by atoms with Crippen molar-refractivity contribution in [3.8, 4) is 17.2 Å². The number of fused-ring (bicyclic) bond motifs is 1. The second-order valence-electron chi connectivity index (χ2n) is 6.63. The van der Waals surface area contributed by atoms with E-state index in [9.17, 15) is 9.90 Å². The SMILES string of the molecule is COc1ccc(C(c2ccc(OC)cc2)c2c(O)c3ccccc3oc2=O)cc1. The van der Waals surface area contributed by atoms with Crippen LogP contribution < -0.4 is 15.1 Å². The van der Waals surface area contributed by atoms with Gasteiger partial charge in [0.25, 0.3) is 0 Å². The lowest BCUT2D eigenvalue weighted by molar-refractivity contribution is 0.414. The van der Waals surface area contributed by atoms with Gasteiger partial charge in [0.15, 0.2) is 0 Å². The van der Waals surface area contributed by atoms with E-state index in [1.165, 1.54) is 0 Å². The van der Waals surface area contributed by atoms with Crippen LogP contribution >= 0.6 is 0 Å². The summed E-state index contributed by atoms with van der Waals surface area (Å²) in [5.74, 6) is 0.815. The minimum Gasteiger partial charge on any atom is -0.507 e. The van der Waals surface area contributed by atoms with Crippen molar-refractivity contribution in [2.75, 3.05) is 14.2 Å². The predicted molar refractivity (Wildman–Crippen MR) is 111 cm³/mol. The highest BCUT2D eigenvalue weighted by Gasteiger charge is 2.26. The molecule has 0 unspecified atom stereocenters. The fourth-order valence-electron chi connectivity index (χ4n) is 3.52. The van der Waals surface area contributed by atoms with Crippen LogP contribution in [-0.4, -0.2) is 19.3 Å². The van der Waals surface area contributed by atoms with E-state index in [1.54, 1.807) is 38.5 Å². The van der Waals surface area contributed by atoms with Gasteiger partial charge in [0.2, 0.25) is 0 Å². The molecule has 0 fully saturated rings. The minimum absolute atomic E-state index is 0.0755. The molecule has 1 aromatic heterocycles. The van der Waals surface area contributed by atoms with Gasteiger partial charge in [-0.2, -0.15) is 0 Å². The number of aromatic hydroxyl groups is 1. The topological polar surface area (TPSA) is 68.9 Å². The van der Waals surface area contributed by atoms with Crippen molar-refractivity contribution in [2.45, 2.75) is 5.92 Å². The molecule has 1 heterocycles. The van der Waals surface area contributed by atoms with Gasteiger partial charge in [0.1, 0.15) is 22.8 Å². The molecule has 0 saturated heterocycles. The van der Waals surface area contributed by atoms with E-state index >= 15 is 0 Å². The Labute approximate surface area is 167 Å². The van der Waals surface area contributed by atoms with Crippen molar-refractivity contribution in [1.29, 1.82) is 0 Å². The summed E-state index contributed by atoms with van der Waals surface area (Å²) in [7, 11) is 3.19. The fraction of sp³-hybridized carbons (Fsp3) is 0.125. The van der Waals surface area contributed by atoms with Crippen LogP contribution in [0.4, 0.5) is 0 Å². The molecule has 0 bridgehead atoms. The van der Waals surface area contributed by atoms with E-state index in [4.69, 9.17) is 13.9 Å². The third-order valence-corrected chi connectivity index (χ3v) is 5.01. The van der Waals surface area contributed by atoms with Gasteiger partial charge < -0.3 is 19.0 Å². The number of hydrogen-bond acceptors (Lipinski definition) is 5. The van der Waals surface area contributed by atoms with Gasteiger partial charge in [-0.25, -0.2) is 4.79 Å². The monoisotopic (exact) mass is 388 g/mol. The zero-order valence-corrected chi connectivity index (χ0v) is 16.1. The molecule has 0 spiro atoms. The maximum atomic E-state index is 12.9. The van der Waals surface area contributed by atoms with E-state index in [0.717, 1.165) is 11.1 Å². The Morgan fingerprint density at radius 1 is 0.793 bits per heavy atom. The standard InChI is InChI=1S/C24H20O5/c1-27-17-11-7-15(8-12-17)21(16-9-13-18(28-2)14-10-16)22-23(25)19-5-3-4-6-20(19)29-24(22)26/h3-14,21,25H,1-2H3. The Morgan fingerprint density at radius 2 is 1.31 bits per heavy atom. The summed E-state index contributed by atoms with van der Waals surface area (Å²) >= 11 is 0. The second kappa shape index (κ2) is 7.72. The number of rotatable bonds is 5. The van der Waals surface area contributed by atoms with Gasteiger partial charge >= 0.3 is 5.63 Å². The van der Waals surface area contributed by atoms with Gasteiger partial charge in [-0.1, -0.05) is 36.4 Å². The maximum Gasteiger partial charge on any atom is 0.344 e. The minimum atomic E-state index is -0.571. The molecule has 1 N–H and O–H groups in total. The number of hydrogen-bond donors (Lipinski definition) is 1. The summed E-state index contributed by atoms with van der Waals surface area (Å²) in [4.78, 5) is 12.9. The molecule has 5 heteroatoms. The predicted octanol–water partition coefficient (Wildman–Crippen LogP) is 4.70. The first-order valence-corrected chi connectivity index (χ1v) is 9.15. The average molecular weight is 388 g/mol. The third-order valence-electron chi connectivity index (χ3n) is 5.01. The molecule has 0 radical (unpaired) electrons. The van der Waals surface area contributed by atoms with E-state index in [0.29, 0.717) is 22.5 Å². The van der Waals surface area contributed by atoms with Crippen LogP contribution in [0.15, 0.2) is 82.0 Å².